The Hall–Kier alpha value is -2.60. The number of nitrogens with one attached hydrogen (secondary N) is 1. The summed E-state index contributed by atoms with van der Waals surface area (Å²) in [6.45, 7) is 0. The first-order chi connectivity index (χ1) is 10.1. The summed E-state index contributed by atoms with van der Waals surface area (Å²) in [5, 5.41) is 0.301. The smallest absolute Gasteiger partial charge is 0.344 e. The van der Waals surface area contributed by atoms with Gasteiger partial charge in [0.2, 0.25) is 5.43 Å². The second-order valence-corrected chi connectivity index (χ2v) is 5.89. The first-order valence-corrected chi connectivity index (χ1v) is 7.59. The van der Waals surface area contributed by atoms with Crippen molar-refractivity contribution in [1.82, 2.24) is 4.98 Å². The fourth-order valence-electron chi connectivity index (χ4n) is 1.98. The Labute approximate surface area is 120 Å². The highest BCUT2D eigenvalue weighted by Gasteiger charge is 2.21. The van der Waals surface area contributed by atoms with Crippen LogP contribution >= 0.6 is 0 Å². The van der Waals surface area contributed by atoms with Crippen molar-refractivity contribution in [2.75, 3.05) is 0 Å². The molecule has 0 saturated heterocycles. The van der Waals surface area contributed by atoms with E-state index in [-0.39, 0.29) is 5.75 Å². The quantitative estimate of drug-likeness (QED) is 0.753. The van der Waals surface area contributed by atoms with E-state index < -0.39 is 20.4 Å². The molecular weight excluding hydrogens is 290 g/mol. The summed E-state index contributed by atoms with van der Waals surface area (Å²) in [6.07, 6.45) is 1.16. The maximum absolute atomic E-state index is 12.3. The minimum atomic E-state index is -4.18. The second kappa shape index (κ2) is 5.06. The molecule has 0 aliphatic heterocycles. The average molecular weight is 301 g/mol. The highest BCUT2D eigenvalue weighted by atomic mass is 32.2. The predicted octanol–water partition coefficient (Wildman–Crippen LogP) is 2.30. The lowest BCUT2D eigenvalue weighted by molar-refractivity contribution is 0.485. The topological polar surface area (TPSA) is 76.2 Å². The molecule has 1 heterocycles. The molecule has 0 aliphatic carbocycles. The van der Waals surface area contributed by atoms with Crippen LogP contribution in [-0.4, -0.2) is 13.4 Å². The molecule has 0 spiro atoms. The predicted molar refractivity (Wildman–Crippen MR) is 78.8 cm³/mol. The van der Waals surface area contributed by atoms with Gasteiger partial charge in [0.05, 0.1) is 0 Å². The molecule has 3 aromatic rings. The first kappa shape index (κ1) is 13.4. The van der Waals surface area contributed by atoms with Crippen LogP contribution in [0.2, 0.25) is 0 Å². The summed E-state index contributed by atoms with van der Waals surface area (Å²) >= 11 is 0. The molecule has 21 heavy (non-hydrogen) atoms. The van der Waals surface area contributed by atoms with E-state index in [1.54, 1.807) is 42.5 Å². The van der Waals surface area contributed by atoms with Crippen LogP contribution in [0.5, 0.6) is 5.75 Å². The fraction of sp³-hybridized carbons (Fsp3) is 0. The number of benzene rings is 2. The van der Waals surface area contributed by atoms with Crippen molar-refractivity contribution in [2.45, 2.75) is 4.90 Å². The Balaban J connectivity index is 2.11. The summed E-state index contributed by atoms with van der Waals surface area (Å²) in [5.74, 6) is 0.157. The summed E-state index contributed by atoms with van der Waals surface area (Å²) in [4.78, 5) is 14.7. The number of aromatic amines is 1. The third-order valence-electron chi connectivity index (χ3n) is 2.97. The van der Waals surface area contributed by atoms with E-state index in [2.05, 4.69) is 4.98 Å². The van der Waals surface area contributed by atoms with E-state index in [4.69, 9.17) is 4.18 Å². The maximum atomic E-state index is 12.3. The molecule has 0 radical (unpaired) electrons. The van der Waals surface area contributed by atoms with Gasteiger partial charge in [0.15, 0.2) is 4.90 Å². The molecule has 0 aliphatic rings. The number of H-pyrrole nitrogens is 1. The SMILES string of the molecule is O=c1c(S(=O)(=O)Oc2ccccc2)c[nH]c2ccccc12. The average Bonchev–Trinajstić information content (AvgIpc) is 2.48. The highest BCUT2D eigenvalue weighted by molar-refractivity contribution is 7.87. The van der Waals surface area contributed by atoms with Crippen LogP contribution in [0.25, 0.3) is 10.9 Å². The molecule has 0 atom stereocenters. The van der Waals surface area contributed by atoms with Gasteiger partial charge in [0.1, 0.15) is 5.75 Å². The minimum absolute atomic E-state index is 0.157. The van der Waals surface area contributed by atoms with E-state index >= 15 is 0 Å². The zero-order valence-corrected chi connectivity index (χ0v) is 11.6. The lowest BCUT2D eigenvalue weighted by Gasteiger charge is -2.07. The largest absolute Gasteiger partial charge is 0.379 e. The van der Waals surface area contributed by atoms with E-state index in [0.29, 0.717) is 10.9 Å². The van der Waals surface area contributed by atoms with Gasteiger partial charge in [-0.15, -0.1) is 0 Å². The molecule has 0 amide bonds. The third kappa shape index (κ3) is 2.53. The van der Waals surface area contributed by atoms with Crippen LogP contribution in [0.1, 0.15) is 0 Å². The van der Waals surface area contributed by atoms with E-state index in [1.165, 1.54) is 12.1 Å². The van der Waals surface area contributed by atoms with Crippen molar-refractivity contribution in [1.29, 1.82) is 0 Å². The highest BCUT2D eigenvalue weighted by Crippen LogP contribution is 2.17. The fourth-order valence-corrected chi connectivity index (χ4v) is 2.98. The van der Waals surface area contributed by atoms with Gasteiger partial charge in [-0.25, -0.2) is 0 Å². The Morgan fingerprint density at radius 3 is 2.33 bits per heavy atom. The number of pyridine rings is 1. The summed E-state index contributed by atoms with van der Waals surface area (Å²) in [5.41, 5.74) is -0.0126. The molecule has 0 unspecified atom stereocenters. The summed E-state index contributed by atoms with van der Waals surface area (Å²) < 4.78 is 29.4. The number of fused-ring (bicyclic) bond motifs is 1. The standard InChI is InChI=1S/C15H11NO4S/c17-15-12-8-4-5-9-13(12)16-10-14(15)21(18,19)20-11-6-2-1-3-7-11/h1-10H,(H,16,17). The van der Waals surface area contributed by atoms with Crippen molar-refractivity contribution in [3.8, 4) is 5.75 Å². The van der Waals surface area contributed by atoms with Crippen LogP contribution in [0.15, 0.2) is 70.5 Å². The monoisotopic (exact) mass is 301 g/mol. The normalized spacial score (nSPS) is 11.4. The molecule has 1 N–H and O–H groups in total. The van der Waals surface area contributed by atoms with Crippen molar-refractivity contribution in [3.05, 3.63) is 71.0 Å². The van der Waals surface area contributed by atoms with Crippen LogP contribution in [0.3, 0.4) is 0 Å². The van der Waals surface area contributed by atoms with Crippen molar-refractivity contribution in [3.63, 3.8) is 0 Å². The zero-order valence-electron chi connectivity index (χ0n) is 10.8. The number of rotatable bonds is 3. The molecule has 0 bridgehead atoms. The van der Waals surface area contributed by atoms with Crippen molar-refractivity contribution < 1.29 is 12.6 Å². The minimum Gasteiger partial charge on any atom is -0.379 e. The van der Waals surface area contributed by atoms with Crippen LogP contribution in [0.4, 0.5) is 0 Å². The first-order valence-electron chi connectivity index (χ1n) is 6.18. The lowest BCUT2D eigenvalue weighted by Crippen LogP contribution is -2.20. The summed E-state index contributed by atoms with van der Waals surface area (Å²) in [7, 11) is -4.18. The Kier molecular flexibility index (Phi) is 3.23. The van der Waals surface area contributed by atoms with Gasteiger partial charge in [-0.1, -0.05) is 30.3 Å². The van der Waals surface area contributed by atoms with Gasteiger partial charge in [0, 0.05) is 17.1 Å². The van der Waals surface area contributed by atoms with Crippen LogP contribution in [0, 0.1) is 0 Å². The molecule has 5 nitrogen and oxygen atoms in total. The number of aromatic nitrogens is 1. The van der Waals surface area contributed by atoms with Gasteiger partial charge in [-0.05, 0) is 24.3 Å². The van der Waals surface area contributed by atoms with Gasteiger partial charge >= 0.3 is 10.1 Å². The van der Waals surface area contributed by atoms with Crippen molar-refractivity contribution in [2.24, 2.45) is 0 Å². The molecule has 3 rings (SSSR count). The Morgan fingerprint density at radius 2 is 1.57 bits per heavy atom. The van der Waals surface area contributed by atoms with Crippen molar-refractivity contribution >= 4 is 21.0 Å². The Morgan fingerprint density at radius 1 is 0.905 bits per heavy atom. The molecule has 0 fully saturated rings. The third-order valence-corrected chi connectivity index (χ3v) is 4.23. The van der Waals surface area contributed by atoms with E-state index in [9.17, 15) is 13.2 Å². The van der Waals surface area contributed by atoms with Gasteiger partial charge < -0.3 is 9.17 Å². The summed E-state index contributed by atoms with van der Waals surface area (Å²) in [6, 6.07) is 14.7. The molecule has 106 valence electrons. The molecule has 0 saturated carbocycles. The second-order valence-electron chi connectivity index (χ2n) is 4.38. The molecular formula is C15H11NO4S. The number of para-hydroxylation sites is 2. The maximum Gasteiger partial charge on any atom is 0.344 e. The van der Waals surface area contributed by atoms with E-state index in [1.807, 2.05) is 0 Å². The van der Waals surface area contributed by atoms with Crippen LogP contribution in [-0.2, 0) is 10.1 Å². The molecule has 2 aromatic carbocycles. The zero-order chi connectivity index (χ0) is 14.9. The van der Waals surface area contributed by atoms with Crippen LogP contribution < -0.4 is 9.61 Å². The lowest BCUT2D eigenvalue weighted by atomic mass is 10.2. The Bertz CT molecular complexity index is 946. The van der Waals surface area contributed by atoms with Gasteiger partial charge in [-0.2, -0.15) is 8.42 Å². The number of hydrogen-bond donors (Lipinski definition) is 1. The molecule has 6 heteroatoms. The van der Waals surface area contributed by atoms with Gasteiger partial charge in [0.25, 0.3) is 0 Å². The molecule has 1 aromatic heterocycles. The van der Waals surface area contributed by atoms with E-state index in [0.717, 1.165) is 6.20 Å². The van der Waals surface area contributed by atoms with Gasteiger partial charge in [-0.3, -0.25) is 4.79 Å². The number of hydrogen-bond acceptors (Lipinski definition) is 4.